The number of hydrogen-bond donors (Lipinski definition) is 2. The second-order valence-corrected chi connectivity index (χ2v) is 8.17. The molecule has 0 amide bonds. The normalized spacial score (nSPS) is 21.4. The lowest BCUT2D eigenvalue weighted by molar-refractivity contribution is 0.242. The van der Waals surface area contributed by atoms with Gasteiger partial charge < -0.3 is 10.6 Å². The first-order valence-corrected chi connectivity index (χ1v) is 8.70. The predicted molar refractivity (Wildman–Crippen MR) is 81.0 cm³/mol. The van der Waals surface area contributed by atoms with Crippen molar-refractivity contribution in [2.45, 2.75) is 23.1 Å². The summed E-state index contributed by atoms with van der Waals surface area (Å²) in [6.45, 7) is 1.76. The van der Waals surface area contributed by atoms with Gasteiger partial charge in [0.05, 0.1) is 4.88 Å². The molecular weight excluding hydrogens is 302 g/mol. The Morgan fingerprint density at radius 1 is 1.58 bits per heavy atom. The number of hydrogen-bond acceptors (Lipinski definition) is 5. The molecule has 5 nitrogen and oxygen atoms in total. The van der Waals surface area contributed by atoms with Crippen LogP contribution >= 0.6 is 23.6 Å². The van der Waals surface area contributed by atoms with E-state index in [-0.39, 0.29) is 15.2 Å². The molecule has 1 aromatic rings. The second kappa shape index (κ2) is 5.84. The Bertz CT molecular complexity index is 567. The number of thiocarbonyl (C=S) groups is 1. The molecular formula is C11H17N3O2S3. The number of rotatable bonds is 4. The van der Waals surface area contributed by atoms with Gasteiger partial charge in [-0.05, 0) is 38.6 Å². The molecule has 1 aliphatic rings. The van der Waals surface area contributed by atoms with Gasteiger partial charge in [-0.3, -0.25) is 0 Å². The molecule has 1 unspecified atom stereocenters. The van der Waals surface area contributed by atoms with Gasteiger partial charge in [-0.1, -0.05) is 12.2 Å². The molecule has 3 N–H and O–H groups in total. The van der Waals surface area contributed by atoms with Crippen LogP contribution in [-0.2, 0) is 10.0 Å². The standard InChI is InChI=1S/C11H17N3O2S3/c1-14-6-2-3-8(7-14)13-19(15,16)10-5-4-9(18-10)11(12)17/h4-5,8,13H,2-3,6-7H2,1H3,(H2,12,17). The molecule has 0 radical (unpaired) electrons. The van der Waals surface area contributed by atoms with Gasteiger partial charge in [-0.15, -0.1) is 11.3 Å². The minimum absolute atomic E-state index is 0.0286. The quantitative estimate of drug-likeness (QED) is 0.801. The fraction of sp³-hybridized carbons (Fsp3) is 0.545. The third-order valence-corrected chi connectivity index (χ3v) is 6.52. The zero-order valence-electron chi connectivity index (χ0n) is 10.6. The van der Waals surface area contributed by atoms with E-state index in [1.807, 2.05) is 7.05 Å². The average molecular weight is 319 g/mol. The van der Waals surface area contributed by atoms with Crippen molar-refractivity contribution in [1.29, 1.82) is 0 Å². The first-order valence-electron chi connectivity index (χ1n) is 5.99. The molecule has 1 atom stereocenters. The van der Waals surface area contributed by atoms with Crippen molar-refractivity contribution in [2.75, 3.05) is 20.1 Å². The molecule has 0 aromatic carbocycles. The molecule has 1 fully saturated rings. The molecule has 106 valence electrons. The number of thiophene rings is 1. The highest BCUT2D eigenvalue weighted by atomic mass is 32.2. The summed E-state index contributed by atoms with van der Waals surface area (Å²) in [5.41, 5.74) is 5.49. The highest BCUT2D eigenvalue weighted by Crippen LogP contribution is 2.22. The Morgan fingerprint density at radius 3 is 2.89 bits per heavy atom. The molecule has 2 heterocycles. The number of nitrogens with zero attached hydrogens (tertiary/aromatic N) is 1. The van der Waals surface area contributed by atoms with Crippen molar-refractivity contribution >= 4 is 38.6 Å². The van der Waals surface area contributed by atoms with Gasteiger partial charge in [-0.25, -0.2) is 13.1 Å². The molecule has 1 aliphatic heterocycles. The first-order chi connectivity index (χ1) is 8.88. The molecule has 1 aromatic heterocycles. The van der Waals surface area contributed by atoms with Gasteiger partial charge in [0.15, 0.2) is 0 Å². The number of likely N-dealkylation sites (N-methyl/N-ethyl adjacent to an activating group) is 1. The molecule has 1 saturated heterocycles. The Labute approximate surface area is 122 Å². The van der Waals surface area contributed by atoms with Gasteiger partial charge in [0.1, 0.15) is 9.20 Å². The van der Waals surface area contributed by atoms with Crippen molar-refractivity contribution in [3.8, 4) is 0 Å². The first kappa shape index (κ1) is 14.9. The van der Waals surface area contributed by atoms with E-state index in [1.165, 1.54) is 0 Å². The summed E-state index contributed by atoms with van der Waals surface area (Å²) in [5.74, 6) is 0. The SMILES string of the molecule is CN1CCCC(NS(=O)(=O)c2ccc(C(N)=S)s2)C1. The Morgan fingerprint density at radius 2 is 2.32 bits per heavy atom. The van der Waals surface area contributed by atoms with E-state index in [0.717, 1.165) is 37.3 Å². The van der Waals surface area contributed by atoms with Crippen LogP contribution in [0.25, 0.3) is 0 Å². The Kier molecular flexibility index (Phi) is 4.57. The monoisotopic (exact) mass is 319 g/mol. The van der Waals surface area contributed by atoms with E-state index in [4.69, 9.17) is 18.0 Å². The van der Waals surface area contributed by atoms with Crippen LogP contribution in [0.2, 0.25) is 0 Å². The maximum Gasteiger partial charge on any atom is 0.250 e. The molecule has 8 heteroatoms. The lowest BCUT2D eigenvalue weighted by atomic mass is 10.1. The van der Waals surface area contributed by atoms with Crippen LogP contribution in [0.15, 0.2) is 16.3 Å². The van der Waals surface area contributed by atoms with E-state index in [9.17, 15) is 8.42 Å². The zero-order chi connectivity index (χ0) is 14.0. The predicted octanol–water partition coefficient (Wildman–Crippen LogP) is 0.755. The minimum atomic E-state index is -3.47. The van der Waals surface area contributed by atoms with E-state index < -0.39 is 10.0 Å². The molecule has 0 spiro atoms. The number of nitrogens with one attached hydrogen (secondary N) is 1. The number of likely N-dealkylation sites (tertiary alicyclic amines) is 1. The van der Waals surface area contributed by atoms with Crippen molar-refractivity contribution < 1.29 is 8.42 Å². The topological polar surface area (TPSA) is 75.4 Å². The van der Waals surface area contributed by atoms with Crippen LogP contribution in [-0.4, -0.2) is 44.5 Å². The summed E-state index contributed by atoms with van der Waals surface area (Å²) >= 11 is 5.95. The summed E-state index contributed by atoms with van der Waals surface area (Å²) in [4.78, 5) is 2.98. The van der Waals surface area contributed by atoms with E-state index >= 15 is 0 Å². The van der Waals surface area contributed by atoms with Crippen LogP contribution in [0.5, 0.6) is 0 Å². The van der Waals surface area contributed by atoms with Crippen LogP contribution in [0, 0.1) is 0 Å². The molecule has 0 aliphatic carbocycles. The van der Waals surface area contributed by atoms with E-state index in [1.54, 1.807) is 12.1 Å². The second-order valence-electron chi connectivity index (χ2n) is 4.71. The van der Waals surface area contributed by atoms with Crippen LogP contribution in [0.4, 0.5) is 0 Å². The lowest BCUT2D eigenvalue weighted by Gasteiger charge is -2.29. The van der Waals surface area contributed by atoms with Gasteiger partial charge in [0.2, 0.25) is 10.0 Å². The lowest BCUT2D eigenvalue weighted by Crippen LogP contribution is -2.46. The zero-order valence-corrected chi connectivity index (χ0v) is 13.1. The summed E-state index contributed by atoms with van der Waals surface area (Å²) in [6, 6.07) is 3.17. The molecule has 0 saturated carbocycles. The van der Waals surface area contributed by atoms with Crippen LogP contribution in [0.3, 0.4) is 0 Å². The Balaban J connectivity index is 2.10. The van der Waals surface area contributed by atoms with Crippen molar-refractivity contribution in [3.05, 3.63) is 17.0 Å². The smallest absolute Gasteiger partial charge is 0.250 e. The molecule has 2 rings (SSSR count). The summed E-state index contributed by atoms with van der Waals surface area (Å²) in [5, 5.41) is 0. The minimum Gasteiger partial charge on any atom is -0.389 e. The molecule has 0 bridgehead atoms. The maximum atomic E-state index is 12.2. The number of piperidine rings is 1. The fourth-order valence-corrected chi connectivity index (χ4v) is 4.77. The fourth-order valence-electron chi connectivity index (χ4n) is 2.14. The summed E-state index contributed by atoms with van der Waals surface area (Å²) in [7, 11) is -1.47. The van der Waals surface area contributed by atoms with E-state index in [0.29, 0.717) is 4.88 Å². The van der Waals surface area contributed by atoms with Gasteiger partial charge in [-0.2, -0.15) is 0 Å². The Hall–Kier alpha value is -0.540. The van der Waals surface area contributed by atoms with Crippen molar-refractivity contribution in [2.24, 2.45) is 5.73 Å². The highest BCUT2D eigenvalue weighted by molar-refractivity contribution is 7.91. The third kappa shape index (κ3) is 3.73. The van der Waals surface area contributed by atoms with Gasteiger partial charge in [0.25, 0.3) is 0 Å². The molecule has 19 heavy (non-hydrogen) atoms. The van der Waals surface area contributed by atoms with Gasteiger partial charge >= 0.3 is 0 Å². The highest BCUT2D eigenvalue weighted by Gasteiger charge is 2.25. The average Bonchev–Trinajstić information content (AvgIpc) is 2.78. The third-order valence-electron chi connectivity index (χ3n) is 3.04. The van der Waals surface area contributed by atoms with Crippen molar-refractivity contribution in [3.63, 3.8) is 0 Å². The van der Waals surface area contributed by atoms with E-state index in [2.05, 4.69) is 9.62 Å². The summed E-state index contributed by atoms with van der Waals surface area (Å²) in [6.07, 6.45) is 1.88. The van der Waals surface area contributed by atoms with Crippen LogP contribution < -0.4 is 10.5 Å². The van der Waals surface area contributed by atoms with Crippen LogP contribution in [0.1, 0.15) is 17.7 Å². The largest absolute Gasteiger partial charge is 0.389 e. The summed E-state index contributed by atoms with van der Waals surface area (Å²) < 4.78 is 27.5. The van der Waals surface area contributed by atoms with Crippen molar-refractivity contribution in [1.82, 2.24) is 9.62 Å². The van der Waals surface area contributed by atoms with Gasteiger partial charge in [0, 0.05) is 12.6 Å². The number of nitrogens with two attached hydrogens (primary N) is 1. The maximum absolute atomic E-state index is 12.2. The number of sulfonamides is 1.